The molecule has 1 atom stereocenters. The van der Waals surface area contributed by atoms with Crippen LogP contribution in [0, 0.1) is 0 Å². The molecule has 3 rings (SSSR count). The maximum atomic E-state index is 12.7. The summed E-state index contributed by atoms with van der Waals surface area (Å²) < 4.78 is 5.14. The summed E-state index contributed by atoms with van der Waals surface area (Å²) in [5, 5.41) is 9.30. The molecule has 8 nitrogen and oxygen atoms in total. The number of methoxy groups -OCH3 is 1. The highest BCUT2D eigenvalue weighted by atomic mass is 16.5. The topological polar surface area (TPSA) is 99.8 Å². The molecule has 170 valence electrons. The van der Waals surface area contributed by atoms with Crippen molar-refractivity contribution in [2.24, 2.45) is 0 Å². The number of piperidine rings is 1. The Morgan fingerprint density at radius 3 is 2.32 bits per heavy atom. The van der Waals surface area contributed by atoms with E-state index in [1.807, 2.05) is 24.3 Å². The van der Waals surface area contributed by atoms with Gasteiger partial charge in [-0.1, -0.05) is 12.1 Å². The van der Waals surface area contributed by atoms with Crippen molar-refractivity contribution in [3.05, 3.63) is 29.8 Å². The molecule has 0 spiro atoms. The minimum absolute atomic E-state index is 0.0251. The number of rotatable bonds is 7. The first-order valence-corrected chi connectivity index (χ1v) is 10.8. The van der Waals surface area contributed by atoms with Crippen molar-refractivity contribution in [3.8, 4) is 5.75 Å². The van der Waals surface area contributed by atoms with Crippen LogP contribution in [0.25, 0.3) is 0 Å². The number of amides is 4. The molecular weight excluding hydrogens is 396 g/mol. The SMILES string of the molecule is COc1ccc(CCN2C(=O)N[C@@H](CC(=O)NC3CC(C)(C)NC(C)(C)C3)C2=O)cc1. The van der Waals surface area contributed by atoms with Gasteiger partial charge in [-0.15, -0.1) is 0 Å². The molecule has 2 fully saturated rings. The Kier molecular flexibility index (Phi) is 6.59. The number of carbonyl (C=O) groups is 3. The van der Waals surface area contributed by atoms with Gasteiger partial charge in [-0.25, -0.2) is 4.79 Å². The van der Waals surface area contributed by atoms with E-state index in [1.165, 1.54) is 4.90 Å². The van der Waals surface area contributed by atoms with Crippen LogP contribution in [0.3, 0.4) is 0 Å². The summed E-state index contributed by atoms with van der Waals surface area (Å²) in [7, 11) is 1.60. The molecule has 0 bridgehead atoms. The van der Waals surface area contributed by atoms with E-state index in [4.69, 9.17) is 4.74 Å². The summed E-state index contributed by atoms with van der Waals surface area (Å²) in [4.78, 5) is 38.8. The third kappa shape index (κ3) is 5.97. The number of imide groups is 1. The van der Waals surface area contributed by atoms with Gasteiger partial charge < -0.3 is 20.7 Å². The standard InChI is InChI=1S/C23H34N4O4/c1-22(2)13-16(14-23(3,4)26-22)24-19(28)12-18-20(29)27(21(30)25-18)11-10-15-6-8-17(31-5)9-7-15/h6-9,16,18,26H,10-14H2,1-5H3,(H,24,28)(H,25,30)/t18-/m0/s1. The summed E-state index contributed by atoms with van der Waals surface area (Å²) in [5.41, 5.74) is 0.823. The van der Waals surface area contributed by atoms with Gasteiger partial charge in [0.05, 0.1) is 13.5 Å². The van der Waals surface area contributed by atoms with Crippen molar-refractivity contribution in [2.75, 3.05) is 13.7 Å². The molecule has 2 aliphatic heterocycles. The Labute approximate surface area is 184 Å². The second kappa shape index (κ2) is 8.86. The number of urea groups is 1. The van der Waals surface area contributed by atoms with Crippen LogP contribution in [0.1, 0.15) is 52.5 Å². The van der Waals surface area contributed by atoms with Gasteiger partial charge in [-0.2, -0.15) is 0 Å². The van der Waals surface area contributed by atoms with Crippen LogP contribution >= 0.6 is 0 Å². The quantitative estimate of drug-likeness (QED) is 0.575. The van der Waals surface area contributed by atoms with E-state index in [2.05, 4.69) is 43.6 Å². The van der Waals surface area contributed by atoms with E-state index in [0.29, 0.717) is 6.42 Å². The Morgan fingerprint density at radius 2 is 1.74 bits per heavy atom. The molecule has 0 unspecified atom stereocenters. The Balaban J connectivity index is 1.52. The fraction of sp³-hybridized carbons (Fsp3) is 0.609. The largest absolute Gasteiger partial charge is 0.497 e. The molecule has 0 aromatic heterocycles. The van der Waals surface area contributed by atoms with Crippen LogP contribution in [0.4, 0.5) is 4.79 Å². The first kappa shape index (κ1) is 23.1. The molecule has 3 N–H and O–H groups in total. The zero-order valence-corrected chi connectivity index (χ0v) is 19.1. The van der Waals surface area contributed by atoms with Crippen molar-refractivity contribution < 1.29 is 19.1 Å². The minimum atomic E-state index is -0.814. The van der Waals surface area contributed by atoms with Gasteiger partial charge in [0.1, 0.15) is 11.8 Å². The number of nitrogens with zero attached hydrogens (tertiary/aromatic N) is 1. The molecule has 1 aromatic rings. The van der Waals surface area contributed by atoms with Gasteiger partial charge in [-0.05, 0) is 64.7 Å². The van der Waals surface area contributed by atoms with Gasteiger partial charge in [0.15, 0.2) is 0 Å². The van der Waals surface area contributed by atoms with Crippen LogP contribution < -0.4 is 20.7 Å². The minimum Gasteiger partial charge on any atom is -0.497 e. The number of nitrogens with one attached hydrogen (secondary N) is 3. The zero-order chi connectivity index (χ0) is 22.8. The van der Waals surface area contributed by atoms with Crippen molar-refractivity contribution in [3.63, 3.8) is 0 Å². The average molecular weight is 431 g/mol. The van der Waals surface area contributed by atoms with Crippen molar-refractivity contribution in [2.45, 2.75) is 76.5 Å². The van der Waals surface area contributed by atoms with Gasteiger partial charge in [0.25, 0.3) is 5.91 Å². The highest BCUT2D eigenvalue weighted by Gasteiger charge is 2.41. The summed E-state index contributed by atoms with van der Waals surface area (Å²) in [5.74, 6) is 0.194. The van der Waals surface area contributed by atoms with Gasteiger partial charge >= 0.3 is 6.03 Å². The molecule has 31 heavy (non-hydrogen) atoms. The third-order valence-electron chi connectivity index (χ3n) is 5.83. The van der Waals surface area contributed by atoms with Gasteiger partial charge in [0, 0.05) is 23.7 Å². The second-order valence-corrected chi connectivity index (χ2v) is 9.86. The highest BCUT2D eigenvalue weighted by molar-refractivity contribution is 6.05. The maximum absolute atomic E-state index is 12.7. The molecular formula is C23H34N4O4. The molecule has 4 amide bonds. The third-order valence-corrected chi connectivity index (χ3v) is 5.83. The Hall–Kier alpha value is -2.61. The first-order valence-electron chi connectivity index (χ1n) is 10.8. The lowest BCUT2D eigenvalue weighted by Gasteiger charge is -2.46. The van der Waals surface area contributed by atoms with Crippen LogP contribution in [0.15, 0.2) is 24.3 Å². The maximum Gasteiger partial charge on any atom is 0.324 e. The van der Waals surface area contributed by atoms with Crippen molar-refractivity contribution in [1.29, 1.82) is 0 Å². The van der Waals surface area contributed by atoms with Crippen LogP contribution in [-0.4, -0.2) is 59.6 Å². The molecule has 0 saturated carbocycles. The molecule has 2 saturated heterocycles. The predicted octanol–water partition coefficient (Wildman–Crippen LogP) is 1.97. The number of carbonyl (C=O) groups excluding carboxylic acids is 3. The first-order chi connectivity index (χ1) is 14.5. The fourth-order valence-corrected chi connectivity index (χ4v) is 4.86. The highest BCUT2D eigenvalue weighted by Crippen LogP contribution is 2.28. The number of hydrogen-bond donors (Lipinski definition) is 3. The molecule has 0 radical (unpaired) electrons. The lowest BCUT2D eigenvalue weighted by Crippen LogP contribution is -2.62. The van der Waals surface area contributed by atoms with E-state index >= 15 is 0 Å². The van der Waals surface area contributed by atoms with Crippen molar-refractivity contribution in [1.82, 2.24) is 20.9 Å². The van der Waals surface area contributed by atoms with E-state index in [1.54, 1.807) is 7.11 Å². The normalized spacial score (nSPS) is 22.9. The summed E-state index contributed by atoms with van der Waals surface area (Å²) in [6.45, 7) is 8.75. The molecule has 8 heteroatoms. The summed E-state index contributed by atoms with van der Waals surface area (Å²) in [6, 6.07) is 6.27. The monoisotopic (exact) mass is 430 g/mol. The molecule has 2 heterocycles. The molecule has 2 aliphatic rings. The van der Waals surface area contributed by atoms with E-state index in [0.717, 1.165) is 24.2 Å². The average Bonchev–Trinajstić information content (AvgIpc) is 2.90. The summed E-state index contributed by atoms with van der Waals surface area (Å²) in [6.07, 6.45) is 2.11. The smallest absolute Gasteiger partial charge is 0.324 e. The van der Waals surface area contributed by atoms with Gasteiger partial charge in [0.2, 0.25) is 5.91 Å². The Bertz CT molecular complexity index is 818. The number of ether oxygens (including phenoxy) is 1. The van der Waals surface area contributed by atoms with Crippen LogP contribution in [0.5, 0.6) is 5.75 Å². The van der Waals surface area contributed by atoms with E-state index < -0.39 is 12.1 Å². The van der Waals surface area contributed by atoms with Gasteiger partial charge in [-0.3, -0.25) is 14.5 Å². The summed E-state index contributed by atoms with van der Waals surface area (Å²) >= 11 is 0. The van der Waals surface area contributed by atoms with Crippen LogP contribution in [-0.2, 0) is 16.0 Å². The van der Waals surface area contributed by atoms with E-state index in [-0.39, 0.29) is 41.9 Å². The lowest BCUT2D eigenvalue weighted by molar-refractivity contribution is -0.131. The fourth-order valence-electron chi connectivity index (χ4n) is 4.86. The lowest BCUT2D eigenvalue weighted by atomic mass is 9.79. The second-order valence-electron chi connectivity index (χ2n) is 9.86. The Morgan fingerprint density at radius 1 is 1.13 bits per heavy atom. The molecule has 1 aromatic carbocycles. The number of benzene rings is 1. The zero-order valence-electron chi connectivity index (χ0n) is 19.1. The number of hydrogen-bond acceptors (Lipinski definition) is 5. The molecule has 0 aliphatic carbocycles. The predicted molar refractivity (Wildman–Crippen MR) is 118 cm³/mol. The van der Waals surface area contributed by atoms with Crippen LogP contribution in [0.2, 0.25) is 0 Å². The van der Waals surface area contributed by atoms with Crippen molar-refractivity contribution >= 4 is 17.8 Å². The van der Waals surface area contributed by atoms with E-state index in [9.17, 15) is 14.4 Å².